The van der Waals surface area contributed by atoms with Crippen LogP contribution in [0.3, 0.4) is 0 Å². The molecule has 1 aliphatic heterocycles. The maximum Gasteiger partial charge on any atom is 0.363 e. The molecule has 3 rings (SSSR count). The first-order chi connectivity index (χ1) is 13.0. The Hall–Kier alpha value is -2.50. The zero-order valence-corrected chi connectivity index (χ0v) is 16.3. The molecule has 1 aliphatic rings. The topological polar surface area (TPSA) is 57.1 Å². The second-order valence-electron chi connectivity index (χ2n) is 5.73. The summed E-state index contributed by atoms with van der Waals surface area (Å²) >= 11 is 12.2. The fourth-order valence-corrected chi connectivity index (χ4v) is 2.85. The molecule has 1 heterocycles. The van der Waals surface area contributed by atoms with E-state index in [0.717, 1.165) is 6.42 Å². The molecule has 2 aromatic rings. The summed E-state index contributed by atoms with van der Waals surface area (Å²) in [6.45, 7) is 2.53. The molecule has 0 fully saturated rings. The van der Waals surface area contributed by atoms with Crippen LogP contribution in [0.5, 0.6) is 11.5 Å². The van der Waals surface area contributed by atoms with Gasteiger partial charge in [0.1, 0.15) is 0 Å². The number of hydrogen-bond acceptors (Lipinski definition) is 5. The molecule has 0 bridgehead atoms. The number of cyclic esters (lactones) is 1. The summed E-state index contributed by atoms with van der Waals surface area (Å²) in [6.07, 6.45) is 2.43. The number of esters is 1. The Morgan fingerprint density at radius 2 is 1.93 bits per heavy atom. The minimum atomic E-state index is -0.540. The van der Waals surface area contributed by atoms with E-state index in [1.807, 2.05) is 6.92 Å². The van der Waals surface area contributed by atoms with E-state index in [2.05, 4.69) is 4.99 Å². The van der Waals surface area contributed by atoms with E-state index in [1.165, 1.54) is 7.11 Å². The molecule has 0 aliphatic carbocycles. The highest BCUT2D eigenvalue weighted by atomic mass is 35.5. The van der Waals surface area contributed by atoms with Crippen molar-refractivity contribution < 1.29 is 19.0 Å². The Bertz CT molecular complexity index is 920. The van der Waals surface area contributed by atoms with Crippen LogP contribution in [0.2, 0.25) is 10.0 Å². The first-order valence-corrected chi connectivity index (χ1v) is 9.06. The number of methoxy groups -OCH3 is 1. The number of ether oxygens (including phenoxy) is 3. The molecule has 5 nitrogen and oxygen atoms in total. The third-order valence-electron chi connectivity index (χ3n) is 3.72. The fourth-order valence-electron chi connectivity index (χ4n) is 2.45. The van der Waals surface area contributed by atoms with Gasteiger partial charge in [-0.05, 0) is 54.5 Å². The molecule has 27 heavy (non-hydrogen) atoms. The van der Waals surface area contributed by atoms with Gasteiger partial charge >= 0.3 is 5.97 Å². The molecule has 0 atom stereocenters. The van der Waals surface area contributed by atoms with Crippen molar-refractivity contribution in [3.63, 3.8) is 0 Å². The van der Waals surface area contributed by atoms with Gasteiger partial charge in [0.2, 0.25) is 5.90 Å². The lowest BCUT2D eigenvalue weighted by Gasteiger charge is -2.12. The van der Waals surface area contributed by atoms with Gasteiger partial charge in [-0.2, -0.15) is 0 Å². The van der Waals surface area contributed by atoms with Crippen molar-refractivity contribution in [1.82, 2.24) is 0 Å². The van der Waals surface area contributed by atoms with Gasteiger partial charge in [-0.3, -0.25) is 0 Å². The maximum atomic E-state index is 12.2. The maximum absolute atomic E-state index is 12.2. The van der Waals surface area contributed by atoms with Gasteiger partial charge in [-0.1, -0.05) is 30.1 Å². The van der Waals surface area contributed by atoms with Crippen LogP contribution in [-0.2, 0) is 9.53 Å². The van der Waals surface area contributed by atoms with Crippen molar-refractivity contribution in [2.45, 2.75) is 13.3 Å². The Kier molecular flexibility index (Phi) is 6.04. The van der Waals surface area contributed by atoms with Gasteiger partial charge in [-0.25, -0.2) is 9.79 Å². The van der Waals surface area contributed by atoms with Crippen LogP contribution >= 0.6 is 23.2 Å². The summed E-state index contributed by atoms with van der Waals surface area (Å²) in [5.41, 5.74) is 1.48. The molecule has 2 aromatic carbocycles. The van der Waals surface area contributed by atoms with E-state index < -0.39 is 5.97 Å². The standard InChI is InChI=1S/C20H17Cl2NO4/c1-3-8-26-18-15(22)9-12(11-17(18)25-2)10-16-20(24)27-19(23-16)13-4-6-14(21)7-5-13/h4-7,9-11H,3,8H2,1-2H3. The van der Waals surface area contributed by atoms with Crippen molar-refractivity contribution in [3.8, 4) is 11.5 Å². The summed E-state index contributed by atoms with van der Waals surface area (Å²) in [7, 11) is 1.53. The van der Waals surface area contributed by atoms with Crippen LogP contribution in [0, 0.1) is 0 Å². The minimum absolute atomic E-state index is 0.167. The third kappa shape index (κ3) is 4.43. The molecule has 0 aromatic heterocycles. The summed E-state index contributed by atoms with van der Waals surface area (Å²) < 4.78 is 16.2. The van der Waals surface area contributed by atoms with E-state index in [4.69, 9.17) is 37.4 Å². The lowest BCUT2D eigenvalue weighted by molar-refractivity contribution is -0.129. The second-order valence-corrected chi connectivity index (χ2v) is 6.57. The quantitative estimate of drug-likeness (QED) is 0.493. The first kappa shape index (κ1) is 19.3. The largest absolute Gasteiger partial charge is 0.493 e. The summed E-state index contributed by atoms with van der Waals surface area (Å²) in [6, 6.07) is 10.3. The molecule has 0 spiro atoms. The highest BCUT2D eigenvalue weighted by Crippen LogP contribution is 2.37. The molecular weight excluding hydrogens is 389 g/mol. The van der Waals surface area contributed by atoms with Crippen molar-refractivity contribution in [1.29, 1.82) is 0 Å². The smallest absolute Gasteiger partial charge is 0.363 e. The lowest BCUT2D eigenvalue weighted by Crippen LogP contribution is -2.05. The number of rotatable bonds is 6. The van der Waals surface area contributed by atoms with Gasteiger partial charge in [0.25, 0.3) is 0 Å². The van der Waals surface area contributed by atoms with Crippen molar-refractivity contribution in [2.24, 2.45) is 4.99 Å². The van der Waals surface area contributed by atoms with E-state index in [9.17, 15) is 4.79 Å². The Labute approximate surface area is 167 Å². The molecule has 0 radical (unpaired) electrons. The van der Waals surface area contributed by atoms with Crippen LogP contribution in [0.1, 0.15) is 24.5 Å². The van der Waals surface area contributed by atoms with Gasteiger partial charge in [0.15, 0.2) is 17.2 Å². The number of carbonyl (C=O) groups is 1. The van der Waals surface area contributed by atoms with E-state index in [-0.39, 0.29) is 11.6 Å². The fraction of sp³-hybridized carbons (Fsp3) is 0.200. The van der Waals surface area contributed by atoms with Gasteiger partial charge in [0, 0.05) is 10.6 Å². The SMILES string of the molecule is CCCOc1c(Cl)cc(C=C2N=C(c3ccc(Cl)cc3)OC2=O)cc1OC. The summed E-state index contributed by atoms with van der Waals surface area (Å²) in [4.78, 5) is 16.4. The second kappa shape index (κ2) is 8.46. The average molecular weight is 406 g/mol. The molecule has 7 heteroatoms. The monoisotopic (exact) mass is 405 g/mol. The molecule has 0 N–H and O–H groups in total. The normalized spacial score (nSPS) is 14.9. The lowest BCUT2D eigenvalue weighted by atomic mass is 10.1. The van der Waals surface area contributed by atoms with E-state index in [1.54, 1.807) is 42.5 Å². The minimum Gasteiger partial charge on any atom is -0.493 e. The Morgan fingerprint density at radius 3 is 2.59 bits per heavy atom. The highest BCUT2D eigenvalue weighted by Gasteiger charge is 2.24. The number of aliphatic imine (C=N–C) groups is 1. The Balaban J connectivity index is 1.92. The van der Waals surface area contributed by atoms with Gasteiger partial charge in [-0.15, -0.1) is 0 Å². The Morgan fingerprint density at radius 1 is 1.19 bits per heavy atom. The molecule has 0 saturated heterocycles. The molecular formula is C20H17Cl2NO4. The van der Waals surface area contributed by atoms with E-state index in [0.29, 0.717) is 39.3 Å². The predicted molar refractivity (Wildman–Crippen MR) is 106 cm³/mol. The molecule has 0 unspecified atom stereocenters. The van der Waals surface area contributed by atoms with Crippen molar-refractivity contribution in [3.05, 3.63) is 63.3 Å². The third-order valence-corrected chi connectivity index (χ3v) is 4.25. The summed E-state index contributed by atoms with van der Waals surface area (Å²) in [5, 5.41) is 0.981. The predicted octanol–water partition coefficient (Wildman–Crippen LogP) is 5.14. The van der Waals surface area contributed by atoms with Crippen LogP contribution in [0.25, 0.3) is 6.08 Å². The van der Waals surface area contributed by atoms with Crippen molar-refractivity contribution in [2.75, 3.05) is 13.7 Å². The first-order valence-electron chi connectivity index (χ1n) is 8.30. The van der Waals surface area contributed by atoms with Crippen LogP contribution in [0.15, 0.2) is 47.1 Å². The van der Waals surface area contributed by atoms with Gasteiger partial charge in [0.05, 0.1) is 18.7 Å². The number of nitrogens with zero attached hydrogens (tertiary/aromatic N) is 1. The zero-order valence-electron chi connectivity index (χ0n) is 14.8. The highest BCUT2D eigenvalue weighted by molar-refractivity contribution is 6.32. The molecule has 0 saturated carbocycles. The van der Waals surface area contributed by atoms with Crippen LogP contribution in [0.4, 0.5) is 0 Å². The number of carbonyl (C=O) groups excluding carboxylic acids is 1. The average Bonchev–Trinajstić information content (AvgIpc) is 3.01. The van der Waals surface area contributed by atoms with E-state index >= 15 is 0 Å². The van der Waals surface area contributed by atoms with Crippen LogP contribution < -0.4 is 9.47 Å². The number of halogens is 2. The van der Waals surface area contributed by atoms with Crippen molar-refractivity contribution >= 4 is 41.1 Å². The van der Waals surface area contributed by atoms with Gasteiger partial charge < -0.3 is 14.2 Å². The number of benzene rings is 2. The zero-order chi connectivity index (χ0) is 19.4. The van der Waals surface area contributed by atoms with Crippen LogP contribution in [-0.4, -0.2) is 25.6 Å². The number of hydrogen-bond donors (Lipinski definition) is 0. The molecule has 0 amide bonds. The molecule has 140 valence electrons. The summed E-state index contributed by atoms with van der Waals surface area (Å²) in [5.74, 6) is 0.642.